The van der Waals surface area contributed by atoms with Gasteiger partial charge < -0.3 is 14.9 Å². The van der Waals surface area contributed by atoms with Crippen LogP contribution in [0.1, 0.15) is 29.3 Å². The van der Waals surface area contributed by atoms with E-state index in [0.717, 1.165) is 0 Å². The number of phenols is 1. The fraction of sp³-hybridized carbons (Fsp3) is 0.474. The molecular formula is C19H19NO5. The van der Waals surface area contributed by atoms with Crippen molar-refractivity contribution >= 4 is 11.6 Å². The van der Waals surface area contributed by atoms with Crippen molar-refractivity contribution in [3.05, 3.63) is 35.4 Å². The van der Waals surface area contributed by atoms with Crippen LogP contribution in [0.25, 0.3) is 0 Å². The summed E-state index contributed by atoms with van der Waals surface area (Å²) in [6, 6.07) is 2.44. The van der Waals surface area contributed by atoms with E-state index in [9.17, 15) is 19.8 Å². The van der Waals surface area contributed by atoms with Crippen LogP contribution in [0.2, 0.25) is 0 Å². The number of aromatic hydroxyl groups is 1. The molecular weight excluding hydrogens is 322 g/mol. The van der Waals surface area contributed by atoms with Crippen molar-refractivity contribution in [2.75, 3.05) is 13.6 Å². The van der Waals surface area contributed by atoms with Crippen LogP contribution in [-0.4, -0.2) is 58.5 Å². The van der Waals surface area contributed by atoms with Crippen LogP contribution in [0.4, 0.5) is 0 Å². The van der Waals surface area contributed by atoms with Crippen molar-refractivity contribution in [3.63, 3.8) is 0 Å². The van der Waals surface area contributed by atoms with Gasteiger partial charge >= 0.3 is 0 Å². The topological polar surface area (TPSA) is 87.1 Å². The second-order valence-electron chi connectivity index (χ2n) is 7.62. The van der Waals surface area contributed by atoms with Crippen LogP contribution >= 0.6 is 0 Å². The summed E-state index contributed by atoms with van der Waals surface area (Å²) in [5, 5.41) is 20.9. The molecule has 4 aliphatic rings. The highest BCUT2D eigenvalue weighted by atomic mass is 16.5. The Hall–Kier alpha value is -2.18. The number of carbonyl (C=O) groups is 2. The van der Waals surface area contributed by atoms with Gasteiger partial charge in [-0.1, -0.05) is 12.2 Å². The van der Waals surface area contributed by atoms with Gasteiger partial charge in [-0.15, -0.1) is 0 Å². The van der Waals surface area contributed by atoms with Gasteiger partial charge in [-0.3, -0.25) is 14.5 Å². The highest BCUT2D eigenvalue weighted by molar-refractivity contribution is 6.10. The van der Waals surface area contributed by atoms with E-state index in [2.05, 4.69) is 0 Å². The monoisotopic (exact) mass is 341 g/mol. The molecule has 25 heavy (non-hydrogen) atoms. The number of ketones is 2. The first-order valence-corrected chi connectivity index (χ1v) is 8.52. The molecule has 6 nitrogen and oxygen atoms in total. The minimum Gasteiger partial charge on any atom is -0.504 e. The van der Waals surface area contributed by atoms with Gasteiger partial charge in [0.05, 0.1) is 16.9 Å². The lowest BCUT2D eigenvalue weighted by Gasteiger charge is -2.61. The predicted octanol–water partition coefficient (Wildman–Crippen LogP) is 0.797. The average molecular weight is 341 g/mol. The Bertz CT molecular complexity index is 877. The van der Waals surface area contributed by atoms with Crippen LogP contribution in [0.15, 0.2) is 24.3 Å². The Morgan fingerprint density at radius 3 is 2.88 bits per heavy atom. The lowest BCUT2D eigenvalue weighted by molar-refractivity contribution is -0.144. The van der Waals surface area contributed by atoms with E-state index >= 15 is 0 Å². The first kappa shape index (κ1) is 15.1. The van der Waals surface area contributed by atoms with Gasteiger partial charge in [0.15, 0.2) is 17.3 Å². The zero-order valence-corrected chi connectivity index (χ0v) is 14.0. The Morgan fingerprint density at radius 1 is 1.40 bits per heavy atom. The van der Waals surface area contributed by atoms with Crippen molar-refractivity contribution in [1.82, 2.24) is 4.90 Å². The number of piperidine rings is 1. The minimum absolute atomic E-state index is 0.0580. The molecule has 2 aliphatic heterocycles. The number of Topliss-reactive ketones (excluding diaryl/α,β-unsaturated/α-hetero) is 2. The zero-order chi connectivity index (χ0) is 17.7. The van der Waals surface area contributed by atoms with E-state index in [1.165, 1.54) is 13.0 Å². The van der Waals surface area contributed by atoms with Gasteiger partial charge in [0.2, 0.25) is 0 Å². The molecule has 1 saturated heterocycles. The molecule has 130 valence electrons. The van der Waals surface area contributed by atoms with E-state index in [4.69, 9.17) is 4.74 Å². The SMILES string of the molecule is CC(=O)[C@@]12C=C[C@H](O)[C@@H]3Oc4c(O)ccc5c4[C@@]31CCN(C)[C@@H]2C5=O. The van der Waals surface area contributed by atoms with Crippen LogP contribution in [0.5, 0.6) is 11.5 Å². The Labute approximate surface area is 144 Å². The molecule has 1 aromatic carbocycles. The summed E-state index contributed by atoms with van der Waals surface area (Å²) in [7, 11) is 1.86. The summed E-state index contributed by atoms with van der Waals surface area (Å²) >= 11 is 0. The summed E-state index contributed by atoms with van der Waals surface area (Å²) in [5.74, 6) is -0.0601. The van der Waals surface area contributed by atoms with Crippen LogP contribution < -0.4 is 4.74 Å². The molecule has 2 heterocycles. The number of ether oxygens (including phenoxy) is 1. The Balaban J connectivity index is 1.98. The number of carbonyl (C=O) groups excluding carboxylic acids is 2. The average Bonchev–Trinajstić information content (AvgIpc) is 2.92. The fourth-order valence-corrected chi connectivity index (χ4v) is 5.83. The molecule has 0 amide bonds. The lowest BCUT2D eigenvalue weighted by atomic mass is 9.43. The lowest BCUT2D eigenvalue weighted by Crippen LogP contribution is -2.74. The summed E-state index contributed by atoms with van der Waals surface area (Å²) in [5.41, 5.74) is -0.828. The number of hydrogen-bond donors (Lipinski definition) is 2. The van der Waals surface area contributed by atoms with Crippen molar-refractivity contribution in [1.29, 1.82) is 0 Å². The van der Waals surface area contributed by atoms with Crippen molar-refractivity contribution in [2.45, 2.75) is 37.0 Å². The number of aliphatic hydroxyl groups is 1. The molecule has 0 saturated carbocycles. The molecule has 1 aromatic rings. The molecule has 2 N–H and O–H groups in total. The summed E-state index contributed by atoms with van der Waals surface area (Å²) < 4.78 is 6.01. The summed E-state index contributed by atoms with van der Waals surface area (Å²) in [6.45, 7) is 2.12. The van der Waals surface area contributed by atoms with E-state index in [1.54, 1.807) is 18.2 Å². The smallest absolute Gasteiger partial charge is 0.181 e. The first-order chi connectivity index (χ1) is 11.9. The second-order valence-corrected chi connectivity index (χ2v) is 7.62. The van der Waals surface area contributed by atoms with Crippen molar-refractivity contribution in [2.24, 2.45) is 5.41 Å². The molecule has 1 spiro atoms. The third-order valence-corrected chi connectivity index (χ3v) is 6.75. The number of benzene rings is 1. The standard InChI is InChI=1S/C19H19NO5/c1-9(21)18-6-5-12(23)17-19(18)7-8-20(2)16(18)14(24)10-3-4-11(22)15(25-17)13(10)19/h3-6,12,16-17,22-23H,7-8H2,1-2H3/t12-,16+,17-,18+,19-/m0/s1. The van der Waals surface area contributed by atoms with E-state index < -0.39 is 29.1 Å². The number of hydrogen-bond acceptors (Lipinski definition) is 6. The maximum Gasteiger partial charge on any atom is 0.181 e. The summed E-state index contributed by atoms with van der Waals surface area (Å²) in [4.78, 5) is 28.3. The number of likely N-dealkylation sites (tertiary alicyclic amines) is 1. The van der Waals surface area contributed by atoms with E-state index in [-0.39, 0.29) is 23.1 Å². The van der Waals surface area contributed by atoms with Gasteiger partial charge in [0.25, 0.3) is 0 Å². The van der Waals surface area contributed by atoms with Crippen LogP contribution in [0, 0.1) is 5.41 Å². The van der Waals surface area contributed by atoms with Crippen molar-refractivity contribution < 1.29 is 24.5 Å². The number of phenolic OH excluding ortho intramolecular Hbond substituents is 1. The molecule has 6 heteroatoms. The molecule has 2 aliphatic carbocycles. The second kappa shape index (κ2) is 4.31. The van der Waals surface area contributed by atoms with Gasteiger partial charge in [0.1, 0.15) is 18.0 Å². The maximum atomic E-state index is 13.3. The Morgan fingerprint density at radius 2 is 2.16 bits per heavy atom. The number of likely N-dealkylation sites (N-methyl/N-ethyl adjacent to an activating group) is 1. The zero-order valence-electron chi connectivity index (χ0n) is 14.0. The van der Waals surface area contributed by atoms with Gasteiger partial charge in [-0.05, 0) is 39.1 Å². The van der Waals surface area contributed by atoms with E-state index in [0.29, 0.717) is 24.1 Å². The maximum absolute atomic E-state index is 13.3. The normalized spacial score (nSPS) is 40.6. The third kappa shape index (κ3) is 1.35. The molecule has 1 fully saturated rings. The number of nitrogens with zero attached hydrogens (tertiary/aromatic N) is 1. The molecule has 5 rings (SSSR count). The fourth-order valence-electron chi connectivity index (χ4n) is 5.83. The number of rotatable bonds is 1. The third-order valence-electron chi connectivity index (χ3n) is 6.75. The first-order valence-electron chi connectivity index (χ1n) is 8.52. The predicted molar refractivity (Wildman–Crippen MR) is 87.8 cm³/mol. The molecule has 2 bridgehead atoms. The largest absolute Gasteiger partial charge is 0.504 e. The summed E-state index contributed by atoms with van der Waals surface area (Å²) in [6.07, 6.45) is 2.28. The van der Waals surface area contributed by atoms with E-state index in [1.807, 2.05) is 11.9 Å². The molecule has 0 unspecified atom stereocenters. The molecule has 5 atom stereocenters. The molecule has 0 aromatic heterocycles. The van der Waals surface area contributed by atoms with Crippen molar-refractivity contribution in [3.8, 4) is 11.5 Å². The Kier molecular flexibility index (Phi) is 2.61. The van der Waals surface area contributed by atoms with Gasteiger partial charge in [0, 0.05) is 11.1 Å². The molecule has 0 radical (unpaired) electrons. The quantitative estimate of drug-likeness (QED) is 0.735. The van der Waals surface area contributed by atoms with Gasteiger partial charge in [-0.25, -0.2) is 0 Å². The number of aliphatic hydroxyl groups excluding tert-OH is 1. The highest BCUT2D eigenvalue weighted by Crippen LogP contribution is 2.67. The highest BCUT2D eigenvalue weighted by Gasteiger charge is 2.75. The van der Waals surface area contributed by atoms with Crippen LogP contribution in [0.3, 0.4) is 0 Å². The van der Waals surface area contributed by atoms with Gasteiger partial charge in [-0.2, -0.15) is 0 Å². The minimum atomic E-state index is -1.09. The van der Waals surface area contributed by atoms with Crippen LogP contribution in [-0.2, 0) is 10.2 Å².